The van der Waals surface area contributed by atoms with E-state index < -0.39 is 17.7 Å². The Bertz CT molecular complexity index is 1160. The summed E-state index contributed by atoms with van der Waals surface area (Å²) in [5.74, 6) is -1.49. The summed E-state index contributed by atoms with van der Waals surface area (Å²) < 4.78 is 52.8. The molecular weight excluding hydrogens is 413 g/mol. The van der Waals surface area contributed by atoms with Gasteiger partial charge in [0, 0.05) is 17.0 Å². The van der Waals surface area contributed by atoms with Crippen LogP contribution in [0.3, 0.4) is 0 Å². The van der Waals surface area contributed by atoms with E-state index in [1.807, 2.05) is 0 Å². The molecule has 0 amide bonds. The monoisotopic (exact) mass is 432 g/mol. The van der Waals surface area contributed by atoms with Crippen molar-refractivity contribution in [2.45, 2.75) is 57.0 Å². The van der Waals surface area contributed by atoms with Crippen molar-refractivity contribution < 1.29 is 32.1 Å². The van der Waals surface area contributed by atoms with Crippen LogP contribution in [0.2, 0.25) is 0 Å². The summed E-state index contributed by atoms with van der Waals surface area (Å²) in [5.41, 5.74) is 1.31. The number of hydrogen-bond donors (Lipinski definition) is 1. The van der Waals surface area contributed by atoms with Crippen molar-refractivity contribution in [3.63, 3.8) is 0 Å². The van der Waals surface area contributed by atoms with Crippen molar-refractivity contribution in [3.05, 3.63) is 46.2 Å². The lowest BCUT2D eigenvalue weighted by Crippen LogP contribution is -2.13. The number of aryl methyl sites for hydroxylation is 1. The Balaban J connectivity index is 1.60. The molecule has 0 spiro atoms. The maximum atomic E-state index is 14.1. The standard InChI is InChI=1S/C22H19F3N2O4/c23-22(24,25)16-18(27-30-19(16)11-4-2-1-3-5-11)20-15-9-6-12-10-13(21(28)29)7-8-14(12)17(15)26-31-20/h7-8,10-11H,1-6,9H2,(H,28,29). The fraction of sp³-hybridized carbons (Fsp3) is 0.409. The molecule has 9 heteroatoms. The second kappa shape index (κ2) is 7.25. The molecule has 0 radical (unpaired) electrons. The highest BCUT2D eigenvalue weighted by atomic mass is 19.4. The second-order valence-electron chi connectivity index (χ2n) is 8.12. The van der Waals surface area contributed by atoms with Gasteiger partial charge in [0.1, 0.15) is 11.3 Å². The van der Waals surface area contributed by atoms with Crippen molar-refractivity contribution in [2.75, 3.05) is 0 Å². The number of rotatable bonds is 3. The number of carboxylic acid groups (broad SMARTS) is 1. The Hall–Kier alpha value is -3.10. The van der Waals surface area contributed by atoms with Gasteiger partial charge < -0.3 is 14.2 Å². The number of benzene rings is 1. The molecule has 5 rings (SSSR count). The van der Waals surface area contributed by atoms with Gasteiger partial charge in [-0.25, -0.2) is 4.79 Å². The Morgan fingerprint density at radius 3 is 2.48 bits per heavy atom. The van der Waals surface area contributed by atoms with E-state index >= 15 is 0 Å². The van der Waals surface area contributed by atoms with Gasteiger partial charge in [-0.1, -0.05) is 35.6 Å². The number of hydrogen-bond acceptors (Lipinski definition) is 5. The van der Waals surface area contributed by atoms with Gasteiger partial charge >= 0.3 is 12.1 Å². The fourth-order valence-electron chi connectivity index (χ4n) is 4.74. The van der Waals surface area contributed by atoms with Gasteiger partial charge in [-0.3, -0.25) is 0 Å². The number of alkyl halides is 3. The van der Waals surface area contributed by atoms with E-state index in [-0.39, 0.29) is 28.7 Å². The number of carbonyl (C=O) groups is 1. The summed E-state index contributed by atoms with van der Waals surface area (Å²) in [6, 6.07) is 4.63. The molecule has 3 aromatic rings. The third kappa shape index (κ3) is 3.32. The Kier molecular flexibility index (Phi) is 4.64. The maximum absolute atomic E-state index is 14.1. The third-order valence-corrected chi connectivity index (χ3v) is 6.23. The smallest absolute Gasteiger partial charge is 0.422 e. The molecule has 0 atom stereocenters. The zero-order chi connectivity index (χ0) is 21.8. The van der Waals surface area contributed by atoms with Crippen LogP contribution in [0.25, 0.3) is 22.7 Å². The summed E-state index contributed by atoms with van der Waals surface area (Å²) in [5, 5.41) is 17.0. The van der Waals surface area contributed by atoms with Crippen LogP contribution < -0.4 is 0 Å². The first kappa shape index (κ1) is 19.8. The van der Waals surface area contributed by atoms with Crippen LogP contribution in [0.15, 0.2) is 27.2 Å². The van der Waals surface area contributed by atoms with Crippen molar-refractivity contribution in [2.24, 2.45) is 0 Å². The molecule has 1 aromatic carbocycles. The number of aromatic nitrogens is 2. The highest BCUT2D eigenvalue weighted by molar-refractivity contribution is 5.89. The van der Waals surface area contributed by atoms with E-state index in [0.717, 1.165) is 24.8 Å². The molecule has 2 aliphatic carbocycles. The molecule has 2 heterocycles. The minimum Gasteiger partial charge on any atom is -0.478 e. The molecule has 162 valence electrons. The fourth-order valence-corrected chi connectivity index (χ4v) is 4.74. The first-order valence-electron chi connectivity index (χ1n) is 10.3. The van der Waals surface area contributed by atoms with Crippen molar-refractivity contribution in [1.29, 1.82) is 0 Å². The average molecular weight is 432 g/mol. The maximum Gasteiger partial charge on any atom is 0.422 e. The molecule has 6 nitrogen and oxygen atoms in total. The number of carboxylic acids is 1. The lowest BCUT2D eigenvalue weighted by Gasteiger charge is -2.20. The van der Waals surface area contributed by atoms with Gasteiger partial charge in [-0.05, 0) is 43.4 Å². The average Bonchev–Trinajstić information content (AvgIpc) is 3.38. The molecule has 31 heavy (non-hydrogen) atoms. The Morgan fingerprint density at radius 2 is 1.77 bits per heavy atom. The zero-order valence-corrected chi connectivity index (χ0v) is 16.5. The molecular formula is C22H19F3N2O4. The summed E-state index contributed by atoms with van der Waals surface area (Å²) in [4.78, 5) is 11.2. The topological polar surface area (TPSA) is 89.4 Å². The number of fused-ring (bicyclic) bond motifs is 3. The minimum atomic E-state index is -4.63. The van der Waals surface area contributed by atoms with Crippen LogP contribution in [-0.4, -0.2) is 21.4 Å². The Morgan fingerprint density at radius 1 is 1.03 bits per heavy atom. The van der Waals surface area contributed by atoms with Gasteiger partial charge in [0.15, 0.2) is 17.2 Å². The Labute approximate surface area is 175 Å². The van der Waals surface area contributed by atoms with Gasteiger partial charge in [-0.2, -0.15) is 13.2 Å². The molecule has 2 aliphatic rings. The number of halogens is 3. The van der Waals surface area contributed by atoms with E-state index in [1.54, 1.807) is 12.1 Å². The molecule has 1 N–H and O–H groups in total. The normalized spacial score (nSPS) is 16.7. The molecule has 1 fully saturated rings. The van der Waals surface area contributed by atoms with Gasteiger partial charge in [0.25, 0.3) is 0 Å². The van der Waals surface area contributed by atoms with Crippen LogP contribution in [0, 0.1) is 0 Å². The van der Waals surface area contributed by atoms with Crippen LogP contribution in [-0.2, 0) is 19.0 Å². The quantitative estimate of drug-likeness (QED) is 0.558. The van der Waals surface area contributed by atoms with Crippen LogP contribution >= 0.6 is 0 Å². The van der Waals surface area contributed by atoms with Gasteiger partial charge in [-0.15, -0.1) is 0 Å². The lowest BCUT2D eigenvalue weighted by molar-refractivity contribution is -0.138. The van der Waals surface area contributed by atoms with E-state index in [9.17, 15) is 23.1 Å². The van der Waals surface area contributed by atoms with Gasteiger partial charge in [0.05, 0.1) is 5.56 Å². The van der Waals surface area contributed by atoms with Crippen molar-refractivity contribution in [3.8, 4) is 22.7 Å². The largest absolute Gasteiger partial charge is 0.478 e. The summed E-state index contributed by atoms with van der Waals surface area (Å²) in [6.07, 6.45) is 0.231. The predicted molar refractivity (Wildman–Crippen MR) is 103 cm³/mol. The molecule has 1 saturated carbocycles. The molecule has 2 aromatic heterocycles. The molecule has 0 bridgehead atoms. The van der Waals surface area contributed by atoms with Crippen LogP contribution in [0.5, 0.6) is 0 Å². The van der Waals surface area contributed by atoms with E-state index in [1.165, 1.54) is 6.07 Å². The molecule has 0 saturated heterocycles. The van der Waals surface area contributed by atoms with Crippen LogP contribution in [0.4, 0.5) is 13.2 Å². The number of aromatic carboxylic acids is 1. The van der Waals surface area contributed by atoms with E-state index in [4.69, 9.17) is 9.05 Å². The highest BCUT2D eigenvalue weighted by Crippen LogP contribution is 2.47. The summed E-state index contributed by atoms with van der Waals surface area (Å²) >= 11 is 0. The number of nitrogens with zero attached hydrogens (tertiary/aromatic N) is 2. The molecule has 0 aliphatic heterocycles. The minimum absolute atomic E-state index is 0.0268. The highest BCUT2D eigenvalue weighted by Gasteiger charge is 2.44. The third-order valence-electron chi connectivity index (χ3n) is 6.23. The van der Waals surface area contributed by atoms with Crippen molar-refractivity contribution in [1.82, 2.24) is 10.3 Å². The van der Waals surface area contributed by atoms with Gasteiger partial charge in [0.2, 0.25) is 0 Å². The molecule has 0 unspecified atom stereocenters. The first-order valence-corrected chi connectivity index (χ1v) is 10.3. The van der Waals surface area contributed by atoms with E-state index in [0.29, 0.717) is 42.5 Å². The van der Waals surface area contributed by atoms with Crippen LogP contribution in [0.1, 0.15) is 70.8 Å². The second-order valence-corrected chi connectivity index (χ2v) is 8.12. The first-order chi connectivity index (χ1) is 14.8. The zero-order valence-electron chi connectivity index (χ0n) is 16.5. The van der Waals surface area contributed by atoms with Crippen molar-refractivity contribution >= 4 is 5.97 Å². The summed E-state index contributed by atoms with van der Waals surface area (Å²) in [7, 11) is 0. The predicted octanol–water partition coefficient (Wildman–Crippen LogP) is 5.86. The lowest BCUT2D eigenvalue weighted by atomic mass is 9.84. The summed E-state index contributed by atoms with van der Waals surface area (Å²) in [6.45, 7) is 0. The SMILES string of the molecule is O=C(O)c1ccc2c(c1)CCc1c-2noc1-c1noc(C2CCCCC2)c1C(F)(F)F. The van der Waals surface area contributed by atoms with E-state index in [2.05, 4.69) is 10.3 Å².